The molecule has 0 aromatic carbocycles. The van der Waals surface area contributed by atoms with E-state index in [-0.39, 0.29) is 5.91 Å². The molecule has 0 aliphatic rings. The first-order chi connectivity index (χ1) is 12.2. The zero-order valence-corrected chi connectivity index (χ0v) is 15.8. The molecule has 140 valence electrons. The van der Waals surface area contributed by atoms with Gasteiger partial charge in [0, 0.05) is 44.8 Å². The molecule has 0 fully saturated rings. The average molecular weight is 359 g/mol. The lowest BCUT2D eigenvalue weighted by molar-refractivity contribution is -0.126. The highest BCUT2D eigenvalue weighted by Crippen LogP contribution is 2.22. The van der Waals surface area contributed by atoms with Crippen LogP contribution >= 0.6 is 0 Å². The third-order valence-corrected chi connectivity index (χ3v) is 3.55. The molecule has 1 unspecified atom stereocenters. The Labute approximate surface area is 153 Å². The molecule has 2 aromatic heterocycles. The second kappa shape index (κ2) is 7.99. The van der Waals surface area contributed by atoms with E-state index in [1.165, 1.54) is 11.9 Å². The Morgan fingerprint density at radius 2 is 2.08 bits per heavy atom. The average Bonchev–Trinajstić information content (AvgIpc) is 2.98. The summed E-state index contributed by atoms with van der Waals surface area (Å²) in [5, 5.41) is 6.94. The largest absolute Gasteiger partial charge is 0.444 e. The van der Waals surface area contributed by atoms with E-state index in [4.69, 9.17) is 4.74 Å². The van der Waals surface area contributed by atoms with Crippen molar-refractivity contribution < 1.29 is 14.3 Å². The molecule has 8 nitrogen and oxygen atoms in total. The molecule has 0 saturated carbocycles. The minimum Gasteiger partial charge on any atom is -0.444 e. The lowest BCUT2D eigenvalue weighted by Crippen LogP contribution is -2.43. The number of aromatic nitrogens is 3. The first kappa shape index (κ1) is 19.4. The quantitative estimate of drug-likeness (QED) is 0.882. The molecule has 0 aliphatic carbocycles. The monoisotopic (exact) mass is 359 g/mol. The molecule has 26 heavy (non-hydrogen) atoms. The summed E-state index contributed by atoms with van der Waals surface area (Å²) in [7, 11) is 3.29. The van der Waals surface area contributed by atoms with Crippen LogP contribution < -0.4 is 5.32 Å². The summed E-state index contributed by atoms with van der Waals surface area (Å²) in [6.45, 7) is 5.65. The van der Waals surface area contributed by atoms with Crippen LogP contribution in [0, 0.1) is 0 Å². The van der Waals surface area contributed by atoms with Crippen LogP contribution in [0.5, 0.6) is 0 Å². The van der Waals surface area contributed by atoms with Crippen LogP contribution in [0.4, 0.5) is 4.79 Å². The predicted molar refractivity (Wildman–Crippen MR) is 96.0 cm³/mol. The number of pyridine rings is 1. The summed E-state index contributed by atoms with van der Waals surface area (Å²) in [4.78, 5) is 30.6. The Kier molecular flexibility index (Phi) is 5.97. The van der Waals surface area contributed by atoms with Crippen molar-refractivity contribution in [2.24, 2.45) is 7.05 Å². The van der Waals surface area contributed by atoms with Crippen molar-refractivity contribution in [1.82, 2.24) is 25.0 Å². The number of carbonyl (C=O) groups is 2. The highest BCUT2D eigenvalue weighted by atomic mass is 16.6. The first-order valence-electron chi connectivity index (χ1n) is 8.28. The second-order valence-corrected chi connectivity index (χ2v) is 7.02. The number of nitrogens with zero attached hydrogens (tertiary/aromatic N) is 4. The van der Waals surface area contributed by atoms with Crippen molar-refractivity contribution >= 4 is 12.0 Å². The van der Waals surface area contributed by atoms with Gasteiger partial charge in [-0.15, -0.1) is 0 Å². The summed E-state index contributed by atoms with van der Waals surface area (Å²) in [6, 6.07) is 2.81. The molecular weight excluding hydrogens is 334 g/mol. The number of ether oxygens (including phenoxy) is 1. The summed E-state index contributed by atoms with van der Waals surface area (Å²) >= 11 is 0. The summed E-state index contributed by atoms with van der Waals surface area (Å²) in [6.07, 6.45) is 6.03. The lowest BCUT2D eigenvalue weighted by Gasteiger charge is -2.29. The van der Waals surface area contributed by atoms with E-state index < -0.39 is 17.7 Å². The number of nitrogens with one attached hydrogen (secondary N) is 1. The standard InChI is InChI=1S/C18H25N5O3/c1-18(2,3)26-17(25)23(5)15(14-11-21-22(4)12-14)16(24)20-10-13-7-6-8-19-9-13/h6-9,11-12,15H,10H2,1-5H3,(H,20,24). The van der Waals surface area contributed by atoms with Gasteiger partial charge in [-0.25, -0.2) is 4.79 Å². The minimum atomic E-state index is -0.852. The van der Waals surface area contributed by atoms with Gasteiger partial charge in [0.15, 0.2) is 0 Å². The van der Waals surface area contributed by atoms with Gasteiger partial charge in [-0.05, 0) is 32.4 Å². The van der Waals surface area contributed by atoms with E-state index in [1.54, 1.807) is 63.4 Å². The smallest absolute Gasteiger partial charge is 0.410 e. The summed E-state index contributed by atoms with van der Waals surface area (Å²) in [5.74, 6) is -0.324. The molecule has 2 amide bonds. The number of rotatable bonds is 5. The molecule has 1 atom stereocenters. The third kappa shape index (κ3) is 5.30. The number of amides is 2. The maximum Gasteiger partial charge on any atom is 0.410 e. The molecule has 0 radical (unpaired) electrons. The molecule has 2 aromatic rings. The van der Waals surface area contributed by atoms with Crippen LogP contribution in [-0.2, 0) is 23.1 Å². The maximum atomic E-state index is 12.8. The van der Waals surface area contributed by atoms with Gasteiger partial charge in [-0.1, -0.05) is 6.07 Å². The Bertz CT molecular complexity index is 752. The zero-order chi connectivity index (χ0) is 19.3. The van der Waals surface area contributed by atoms with Gasteiger partial charge in [0.05, 0.1) is 6.20 Å². The minimum absolute atomic E-state index is 0.311. The van der Waals surface area contributed by atoms with E-state index in [0.717, 1.165) is 5.56 Å². The van der Waals surface area contributed by atoms with E-state index in [9.17, 15) is 9.59 Å². The number of likely N-dealkylation sites (N-methyl/N-ethyl adjacent to an activating group) is 1. The van der Waals surface area contributed by atoms with Crippen molar-refractivity contribution in [2.75, 3.05) is 7.05 Å². The summed E-state index contributed by atoms with van der Waals surface area (Å²) in [5.41, 5.74) is 0.812. The Morgan fingerprint density at radius 3 is 2.62 bits per heavy atom. The zero-order valence-electron chi connectivity index (χ0n) is 15.8. The predicted octanol–water partition coefficient (Wildman–Crippen LogP) is 2.04. The number of carbonyl (C=O) groups excluding carboxylic acids is 2. The van der Waals surface area contributed by atoms with Crippen LogP contribution in [0.1, 0.15) is 37.9 Å². The van der Waals surface area contributed by atoms with Crippen LogP contribution in [0.2, 0.25) is 0 Å². The van der Waals surface area contributed by atoms with Crippen molar-refractivity contribution in [1.29, 1.82) is 0 Å². The van der Waals surface area contributed by atoms with Crippen molar-refractivity contribution in [3.05, 3.63) is 48.0 Å². The topological polar surface area (TPSA) is 89.3 Å². The molecule has 8 heteroatoms. The van der Waals surface area contributed by atoms with Gasteiger partial charge in [-0.2, -0.15) is 5.10 Å². The Hall–Kier alpha value is -2.90. The molecular formula is C18H25N5O3. The van der Waals surface area contributed by atoms with E-state index in [0.29, 0.717) is 12.1 Å². The van der Waals surface area contributed by atoms with Gasteiger partial charge in [0.1, 0.15) is 11.6 Å². The van der Waals surface area contributed by atoms with E-state index in [2.05, 4.69) is 15.4 Å². The van der Waals surface area contributed by atoms with Crippen LogP contribution in [0.15, 0.2) is 36.9 Å². The highest BCUT2D eigenvalue weighted by molar-refractivity contribution is 5.86. The second-order valence-electron chi connectivity index (χ2n) is 7.02. The fraction of sp³-hybridized carbons (Fsp3) is 0.444. The summed E-state index contributed by atoms with van der Waals surface area (Å²) < 4.78 is 6.97. The van der Waals surface area contributed by atoms with Crippen molar-refractivity contribution in [3.8, 4) is 0 Å². The van der Waals surface area contributed by atoms with Gasteiger partial charge in [0.2, 0.25) is 5.91 Å². The molecule has 1 N–H and O–H groups in total. The first-order valence-corrected chi connectivity index (χ1v) is 8.28. The Balaban J connectivity index is 2.18. The normalized spacial score (nSPS) is 12.3. The lowest BCUT2D eigenvalue weighted by atomic mass is 10.1. The Morgan fingerprint density at radius 1 is 1.35 bits per heavy atom. The van der Waals surface area contributed by atoms with Crippen LogP contribution in [0.3, 0.4) is 0 Å². The molecule has 2 rings (SSSR count). The number of hydrogen-bond acceptors (Lipinski definition) is 5. The van der Waals surface area contributed by atoms with Crippen LogP contribution in [-0.4, -0.2) is 44.3 Å². The van der Waals surface area contributed by atoms with Crippen LogP contribution in [0.25, 0.3) is 0 Å². The number of hydrogen-bond donors (Lipinski definition) is 1. The van der Waals surface area contributed by atoms with Gasteiger partial charge in [-0.3, -0.25) is 19.4 Å². The fourth-order valence-electron chi connectivity index (χ4n) is 2.36. The fourth-order valence-corrected chi connectivity index (χ4v) is 2.36. The van der Waals surface area contributed by atoms with Gasteiger partial charge in [0.25, 0.3) is 0 Å². The van der Waals surface area contributed by atoms with Crippen molar-refractivity contribution in [2.45, 2.75) is 39.0 Å². The highest BCUT2D eigenvalue weighted by Gasteiger charge is 2.32. The molecule has 2 heterocycles. The van der Waals surface area contributed by atoms with E-state index >= 15 is 0 Å². The third-order valence-electron chi connectivity index (χ3n) is 3.55. The number of aryl methyl sites for hydroxylation is 1. The van der Waals surface area contributed by atoms with E-state index in [1.807, 2.05) is 6.07 Å². The maximum absolute atomic E-state index is 12.8. The molecule has 0 spiro atoms. The molecule has 0 bridgehead atoms. The SMILES string of the molecule is CN(C(=O)OC(C)(C)C)C(C(=O)NCc1cccnc1)c1cnn(C)c1. The van der Waals surface area contributed by atoms with Crippen molar-refractivity contribution in [3.63, 3.8) is 0 Å². The van der Waals surface area contributed by atoms with Gasteiger partial charge < -0.3 is 10.1 Å². The van der Waals surface area contributed by atoms with Gasteiger partial charge >= 0.3 is 6.09 Å². The molecule has 0 saturated heterocycles. The molecule has 0 aliphatic heterocycles.